The first-order valence-electron chi connectivity index (χ1n) is 7.59. The van der Waals surface area contributed by atoms with Crippen molar-refractivity contribution in [3.63, 3.8) is 0 Å². The molecule has 0 saturated carbocycles. The molecule has 0 aromatic heterocycles. The van der Waals surface area contributed by atoms with Crippen LogP contribution in [-0.4, -0.2) is 27.7 Å². The Hall–Kier alpha value is -2.95. The number of benzene rings is 2. The fourth-order valence-electron chi connectivity index (χ4n) is 2.89. The molecule has 0 spiro atoms. The van der Waals surface area contributed by atoms with Crippen LogP contribution in [0.2, 0.25) is 0 Å². The van der Waals surface area contributed by atoms with Crippen LogP contribution in [0.15, 0.2) is 24.3 Å². The predicted octanol–water partition coefficient (Wildman–Crippen LogP) is 3.31. The van der Waals surface area contributed by atoms with Gasteiger partial charge in [0.15, 0.2) is 5.78 Å². The van der Waals surface area contributed by atoms with Gasteiger partial charge < -0.3 is 20.1 Å². The summed E-state index contributed by atoms with van der Waals surface area (Å²) < 4.78 is 5.50. The van der Waals surface area contributed by atoms with E-state index in [9.17, 15) is 20.1 Å². The zero-order valence-electron chi connectivity index (χ0n) is 13.5. The first kappa shape index (κ1) is 15.9. The maximum Gasteiger partial charge on any atom is 0.167 e. The Morgan fingerprint density at radius 1 is 1.17 bits per heavy atom. The van der Waals surface area contributed by atoms with Gasteiger partial charge in [-0.15, -0.1) is 0 Å². The van der Waals surface area contributed by atoms with E-state index in [1.54, 1.807) is 0 Å². The van der Waals surface area contributed by atoms with E-state index in [1.165, 1.54) is 13.8 Å². The summed E-state index contributed by atoms with van der Waals surface area (Å²) >= 11 is 0. The van der Waals surface area contributed by atoms with Crippen LogP contribution in [0.1, 0.15) is 39.5 Å². The third-order valence-corrected chi connectivity index (χ3v) is 4.20. The predicted molar refractivity (Wildman–Crippen MR) is 90.0 cm³/mol. The molecule has 0 aliphatic carbocycles. The number of ether oxygens (including phenoxy) is 1. The van der Waals surface area contributed by atoms with Crippen LogP contribution >= 0.6 is 0 Å². The third-order valence-electron chi connectivity index (χ3n) is 4.20. The van der Waals surface area contributed by atoms with E-state index in [2.05, 4.69) is 0 Å². The summed E-state index contributed by atoms with van der Waals surface area (Å²) in [5.41, 5.74) is 1.99. The van der Waals surface area contributed by atoms with E-state index >= 15 is 0 Å². The number of phenols is 3. The molecule has 3 N–H and O–H groups in total. The standard InChI is InChI=1S/C19H18O5/c1-10-17(21)14(19(23)16(11(2)20)18(10)22)9-12-5-6-15-13(8-12)4-3-7-24-15/h3-6,8,21-23H,7,9H2,1-2H3. The van der Waals surface area contributed by atoms with Gasteiger partial charge >= 0.3 is 0 Å². The average molecular weight is 326 g/mol. The number of carbonyl (C=O) groups excluding carboxylic acids is 1. The molecular formula is C19H18O5. The van der Waals surface area contributed by atoms with Gasteiger partial charge in [0.2, 0.25) is 0 Å². The highest BCUT2D eigenvalue weighted by molar-refractivity contribution is 6.01. The minimum absolute atomic E-state index is 0.165. The quantitative estimate of drug-likeness (QED) is 0.753. The van der Waals surface area contributed by atoms with Crippen LogP contribution in [0.3, 0.4) is 0 Å². The Labute approximate surface area is 139 Å². The average Bonchev–Trinajstić information content (AvgIpc) is 2.56. The minimum Gasteiger partial charge on any atom is -0.507 e. The van der Waals surface area contributed by atoms with Gasteiger partial charge in [-0.05, 0) is 37.6 Å². The van der Waals surface area contributed by atoms with Crippen LogP contribution in [-0.2, 0) is 6.42 Å². The maximum absolute atomic E-state index is 11.7. The summed E-state index contributed by atoms with van der Waals surface area (Å²) in [7, 11) is 0. The molecule has 3 rings (SSSR count). The molecule has 0 unspecified atom stereocenters. The van der Waals surface area contributed by atoms with Crippen molar-refractivity contribution in [3.05, 3.63) is 52.1 Å². The zero-order valence-corrected chi connectivity index (χ0v) is 13.5. The minimum atomic E-state index is -0.462. The molecule has 0 saturated heterocycles. The van der Waals surface area contributed by atoms with E-state index < -0.39 is 5.78 Å². The van der Waals surface area contributed by atoms with Crippen molar-refractivity contribution in [2.75, 3.05) is 6.61 Å². The first-order chi connectivity index (χ1) is 11.4. The molecule has 5 nitrogen and oxygen atoms in total. The topological polar surface area (TPSA) is 87.0 Å². The normalized spacial score (nSPS) is 12.6. The zero-order chi connectivity index (χ0) is 17.4. The van der Waals surface area contributed by atoms with E-state index in [1.807, 2.05) is 30.4 Å². The van der Waals surface area contributed by atoms with Crippen molar-refractivity contribution >= 4 is 11.9 Å². The molecule has 0 amide bonds. The largest absolute Gasteiger partial charge is 0.507 e. The van der Waals surface area contributed by atoms with Gasteiger partial charge in [0.1, 0.15) is 35.2 Å². The second-order valence-electron chi connectivity index (χ2n) is 5.84. The van der Waals surface area contributed by atoms with Crippen LogP contribution in [0, 0.1) is 6.92 Å². The lowest BCUT2D eigenvalue weighted by atomic mass is 9.94. The number of ketones is 1. The van der Waals surface area contributed by atoms with E-state index in [0.29, 0.717) is 6.61 Å². The Morgan fingerprint density at radius 2 is 1.92 bits per heavy atom. The van der Waals surface area contributed by atoms with Gasteiger partial charge in [0.05, 0.1) is 0 Å². The molecule has 0 atom stereocenters. The number of phenolic OH excluding ortho intramolecular Hbond substituents is 3. The Balaban J connectivity index is 2.08. The Kier molecular flexibility index (Phi) is 3.93. The monoisotopic (exact) mass is 326 g/mol. The second-order valence-corrected chi connectivity index (χ2v) is 5.84. The molecule has 1 aliphatic heterocycles. The second kappa shape index (κ2) is 5.92. The number of hydrogen-bond donors (Lipinski definition) is 3. The van der Waals surface area contributed by atoms with Gasteiger partial charge in [-0.2, -0.15) is 0 Å². The van der Waals surface area contributed by atoms with Crippen molar-refractivity contribution in [1.29, 1.82) is 0 Å². The summed E-state index contributed by atoms with van der Waals surface area (Å²) in [5, 5.41) is 30.7. The number of aromatic hydroxyl groups is 3. The molecule has 2 aromatic rings. The molecule has 2 aromatic carbocycles. The lowest BCUT2D eigenvalue weighted by Gasteiger charge is -2.17. The van der Waals surface area contributed by atoms with E-state index in [-0.39, 0.29) is 40.4 Å². The summed E-state index contributed by atoms with van der Waals surface area (Å²) in [6.07, 6.45) is 4.07. The van der Waals surface area contributed by atoms with E-state index in [4.69, 9.17) is 4.74 Å². The SMILES string of the molecule is CC(=O)c1c(O)c(C)c(O)c(Cc2ccc3c(c2)C=CCO3)c1O. The summed E-state index contributed by atoms with van der Waals surface area (Å²) in [5.74, 6) is -0.660. The molecule has 0 bridgehead atoms. The smallest absolute Gasteiger partial charge is 0.167 e. The van der Waals surface area contributed by atoms with Gasteiger partial charge in [0, 0.05) is 23.1 Å². The molecule has 1 aliphatic rings. The van der Waals surface area contributed by atoms with Crippen molar-refractivity contribution in [2.45, 2.75) is 20.3 Å². The van der Waals surface area contributed by atoms with Gasteiger partial charge in [-0.25, -0.2) is 0 Å². The fourth-order valence-corrected chi connectivity index (χ4v) is 2.89. The fraction of sp³-hybridized carbons (Fsp3) is 0.211. The Bertz CT molecular complexity index is 865. The van der Waals surface area contributed by atoms with Crippen LogP contribution < -0.4 is 4.74 Å². The van der Waals surface area contributed by atoms with Crippen LogP contribution in [0.5, 0.6) is 23.0 Å². The van der Waals surface area contributed by atoms with Gasteiger partial charge in [0.25, 0.3) is 0 Å². The number of carbonyl (C=O) groups is 1. The van der Waals surface area contributed by atoms with Crippen molar-refractivity contribution in [2.24, 2.45) is 0 Å². The number of Topliss-reactive ketones (excluding diaryl/α,β-unsaturated/α-hetero) is 1. The number of hydrogen-bond acceptors (Lipinski definition) is 5. The molecule has 0 fully saturated rings. The molecule has 124 valence electrons. The molecule has 24 heavy (non-hydrogen) atoms. The molecule has 5 heteroatoms. The third kappa shape index (κ3) is 2.58. The van der Waals surface area contributed by atoms with Gasteiger partial charge in [-0.3, -0.25) is 4.79 Å². The molecule has 0 radical (unpaired) electrons. The molecule has 1 heterocycles. The van der Waals surface area contributed by atoms with Crippen molar-refractivity contribution < 1.29 is 24.9 Å². The van der Waals surface area contributed by atoms with Crippen LogP contribution in [0.4, 0.5) is 0 Å². The van der Waals surface area contributed by atoms with E-state index in [0.717, 1.165) is 16.9 Å². The highest BCUT2D eigenvalue weighted by Gasteiger charge is 2.24. The number of rotatable bonds is 3. The lowest BCUT2D eigenvalue weighted by molar-refractivity contribution is 0.101. The van der Waals surface area contributed by atoms with Gasteiger partial charge in [-0.1, -0.05) is 12.1 Å². The lowest BCUT2D eigenvalue weighted by Crippen LogP contribution is -2.03. The van der Waals surface area contributed by atoms with Crippen molar-refractivity contribution in [1.82, 2.24) is 0 Å². The highest BCUT2D eigenvalue weighted by atomic mass is 16.5. The van der Waals surface area contributed by atoms with Crippen LogP contribution in [0.25, 0.3) is 6.08 Å². The number of fused-ring (bicyclic) bond motifs is 1. The van der Waals surface area contributed by atoms with Crippen molar-refractivity contribution in [3.8, 4) is 23.0 Å². The first-order valence-corrected chi connectivity index (χ1v) is 7.59. The summed E-state index contributed by atoms with van der Waals surface area (Å²) in [6.45, 7) is 3.30. The maximum atomic E-state index is 11.7. The Morgan fingerprint density at radius 3 is 2.62 bits per heavy atom. The summed E-state index contributed by atoms with van der Waals surface area (Å²) in [6, 6.07) is 5.58. The molecular weight excluding hydrogens is 308 g/mol. The highest BCUT2D eigenvalue weighted by Crippen LogP contribution is 2.42. The summed E-state index contributed by atoms with van der Waals surface area (Å²) in [4.78, 5) is 11.7.